The Balaban J connectivity index is 2.13. The van der Waals surface area contributed by atoms with Crippen molar-refractivity contribution in [3.05, 3.63) is 59.4 Å². The first-order valence-corrected chi connectivity index (χ1v) is 5.11. The average molecular weight is 233 g/mol. The highest BCUT2D eigenvalue weighted by Gasteiger charge is 1.98. The molecule has 2 aromatic rings. The number of nitrogens with zero attached hydrogens (tertiary/aromatic N) is 2. The molecule has 0 fully saturated rings. The van der Waals surface area contributed by atoms with Crippen LogP contribution in [0.5, 0.6) is 0 Å². The van der Waals surface area contributed by atoms with E-state index in [4.69, 9.17) is 11.6 Å². The molecular weight excluding hydrogens is 224 g/mol. The zero-order chi connectivity index (χ0) is 11.4. The van der Waals surface area contributed by atoms with Crippen LogP contribution >= 0.6 is 11.6 Å². The summed E-state index contributed by atoms with van der Waals surface area (Å²) in [5.41, 5.74) is 0.882. The lowest BCUT2D eigenvalue weighted by molar-refractivity contribution is 0.0955. The van der Waals surface area contributed by atoms with E-state index >= 15 is 0 Å². The van der Waals surface area contributed by atoms with E-state index in [1.54, 1.807) is 36.7 Å². The van der Waals surface area contributed by atoms with Crippen molar-refractivity contribution in [1.29, 1.82) is 0 Å². The minimum absolute atomic E-state index is 0.190. The van der Waals surface area contributed by atoms with Gasteiger partial charge < -0.3 is 0 Å². The van der Waals surface area contributed by atoms with Crippen LogP contribution in [0.4, 0.5) is 0 Å². The van der Waals surface area contributed by atoms with Gasteiger partial charge in [0.2, 0.25) is 0 Å². The Kier molecular flexibility index (Phi) is 3.17. The molecule has 3 nitrogen and oxygen atoms in total. The smallest absolute Gasteiger partial charge is 0.267 e. The predicted molar refractivity (Wildman–Crippen MR) is 63.3 cm³/mol. The molecule has 0 aliphatic rings. The van der Waals surface area contributed by atoms with E-state index in [2.05, 4.69) is 5.10 Å². The third kappa shape index (κ3) is 2.58. The van der Waals surface area contributed by atoms with Gasteiger partial charge in [0.1, 0.15) is 0 Å². The standard InChI is InChI=1S/C12H9ClN2O/c13-11-4-1-3-10(9-11)5-6-12(16)15-8-2-7-14-15/h1-9H. The van der Waals surface area contributed by atoms with Crippen molar-refractivity contribution in [2.24, 2.45) is 0 Å². The minimum Gasteiger partial charge on any atom is -0.267 e. The van der Waals surface area contributed by atoms with Crippen LogP contribution in [0.2, 0.25) is 5.02 Å². The summed E-state index contributed by atoms with van der Waals surface area (Å²) in [6.07, 6.45) is 6.32. The van der Waals surface area contributed by atoms with Crippen molar-refractivity contribution in [2.45, 2.75) is 0 Å². The van der Waals surface area contributed by atoms with Crippen LogP contribution in [0.25, 0.3) is 6.08 Å². The highest BCUT2D eigenvalue weighted by Crippen LogP contribution is 2.11. The second-order valence-corrected chi connectivity index (χ2v) is 3.61. The van der Waals surface area contributed by atoms with E-state index in [1.807, 2.05) is 12.1 Å². The third-order valence-corrected chi connectivity index (χ3v) is 2.23. The van der Waals surface area contributed by atoms with Crippen molar-refractivity contribution in [3.63, 3.8) is 0 Å². The molecule has 1 aromatic carbocycles. The molecule has 0 atom stereocenters. The number of rotatable bonds is 2. The lowest BCUT2D eigenvalue weighted by atomic mass is 10.2. The molecule has 0 bridgehead atoms. The fraction of sp³-hybridized carbons (Fsp3) is 0. The van der Waals surface area contributed by atoms with Crippen LogP contribution < -0.4 is 0 Å². The number of hydrogen-bond donors (Lipinski definition) is 0. The summed E-state index contributed by atoms with van der Waals surface area (Å²) in [6, 6.07) is 8.98. The quantitative estimate of drug-likeness (QED) is 0.747. The highest BCUT2D eigenvalue weighted by atomic mass is 35.5. The Bertz CT molecular complexity index is 518. The molecule has 1 aromatic heterocycles. The molecule has 16 heavy (non-hydrogen) atoms. The van der Waals surface area contributed by atoms with Crippen LogP contribution in [0.15, 0.2) is 48.8 Å². The highest BCUT2D eigenvalue weighted by molar-refractivity contribution is 6.30. The Morgan fingerprint density at radius 3 is 2.94 bits per heavy atom. The minimum atomic E-state index is -0.190. The van der Waals surface area contributed by atoms with Crippen molar-refractivity contribution >= 4 is 23.6 Å². The topological polar surface area (TPSA) is 34.9 Å². The van der Waals surface area contributed by atoms with E-state index in [9.17, 15) is 4.79 Å². The molecule has 0 aliphatic carbocycles. The van der Waals surface area contributed by atoms with Gasteiger partial charge in [-0.2, -0.15) is 5.10 Å². The first-order valence-electron chi connectivity index (χ1n) is 4.73. The zero-order valence-corrected chi connectivity index (χ0v) is 9.13. The molecule has 0 saturated carbocycles. The third-order valence-electron chi connectivity index (χ3n) is 2.00. The summed E-state index contributed by atoms with van der Waals surface area (Å²) in [5, 5.41) is 4.48. The maximum Gasteiger partial charge on any atom is 0.270 e. The molecule has 80 valence electrons. The van der Waals surface area contributed by atoms with E-state index in [-0.39, 0.29) is 5.91 Å². The number of halogens is 1. The monoisotopic (exact) mass is 232 g/mol. The van der Waals surface area contributed by atoms with E-state index in [1.165, 1.54) is 10.8 Å². The Morgan fingerprint density at radius 2 is 2.25 bits per heavy atom. The summed E-state index contributed by atoms with van der Waals surface area (Å²) in [4.78, 5) is 11.5. The molecule has 0 unspecified atom stereocenters. The molecule has 0 N–H and O–H groups in total. The molecule has 2 rings (SSSR count). The van der Waals surface area contributed by atoms with Crippen molar-refractivity contribution < 1.29 is 4.79 Å². The molecule has 1 heterocycles. The molecule has 0 spiro atoms. The number of aromatic nitrogens is 2. The summed E-state index contributed by atoms with van der Waals surface area (Å²) < 4.78 is 1.26. The largest absolute Gasteiger partial charge is 0.270 e. The lowest BCUT2D eigenvalue weighted by Gasteiger charge is -1.95. The molecule has 0 amide bonds. The zero-order valence-electron chi connectivity index (χ0n) is 8.38. The van der Waals surface area contributed by atoms with Gasteiger partial charge in [0, 0.05) is 23.5 Å². The van der Waals surface area contributed by atoms with Gasteiger partial charge in [-0.1, -0.05) is 23.7 Å². The second kappa shape index (κ2) is 4.77. The second-order valence-electron chi connectivity index (χ2n) is 3.18. The van der Waals surface area contributed by atoms with Gasteiger partial charge in [-0.05, 0) is 29.8 Å². The average Bonchev–Trinajstić information content (AvgIpc) is 2.79. The van der Waals surface area contributed by atoms with E-state index in [0.717, 1.165) is 5.56 Å². The van der Waals surface area contributed by atoms with Crippen molar-refractivity contribution in [3.8, 4) is 0 Å². The van der Waals surface area contributed by atoms with Gasteiger partial charge in [0.05, 0.1) is 0 Å². The van der Waals surface area contributed by atoms with E-state index in [0.29, 0.717) is 5.02 Å². The Hall–Kier alpha value is -1.87. The molecular formula is C12H9ClN2O. The maximum atomic E-state index is 11.5. The summed E-state index contributed by atoms with van der Waals surface area (Å²) in [7, 11) is 0. The van der Waals surface area contributed by atoms with Crippen molar-refractivity contribution in [2.75, 3.05) is 0 Å². The Morgan fingerprint density at radius 1 is 1.38 bits per heavy atom. The van der Waals surface area contributed by atoms with E-state index < -0.39 is 0 Å². The predicted octanol–water partition coefficient (Wildman–Crippen LogP) is 2.89. The van der Waals surface area contributed by atoms with Crippen LogP contribution in [-0.2, 0) is 0 Å². The van der Waals surface area contributed by atoms with Gasteiger partial charge in [0.25, 0.3) is 5.91 Å². The van der Waals surface area contributed by atoms with Gasteiger partial charge in [-0.15, -0.1) is 0 Å². The first kappa shape index (κ1) is 10.6. The SMILES string of the molecule is O=C(C=Cc1cccc(Cl)c1)n1cccn1. The van der Waals surface area contributed by atoms with Crippen molar-refractivity contribution in [1.82, 2.24) is 9.78 Å². The van der Waals surface area contributed by atoms with Gasteiger partial charge in [-0.25, -0.2) is 4.68 Å². The number of carbonyl (C=O) groups excluding carboxylic acids is 1. The normalized spacial score (nSPS) is 10.8. The maximum absolute atomic E-state index is 11.5. The van der Waals surface area contributed by atoms with Crippen LogP contribution in [-0.4, -0.2) is 15.7 Å². The number of carbonyl (C=O) groups is 1. The van der Waals surface area contributed by atoms with Gasteiger partial charge >= 0.3 is 0 Å². The number of allylic oxidation sites excluding steroid dienone is 1. The number of benzene rings is 1. The number of hydrogen-bond acceptors (Lipinski definition) is 2. The van der Waals surface area contributed by atoms with Crippen LogP contribution in [0.3, 0.4) is 0 Å². The fourth-order valence-electron chi connectivity index (χ4n) is 1.25. The van der Waals surface area contributed by atoms with Crippen LogP contribution in [0.1, 0.15) is 10.4 Å². The molecule has 0 aliphatic heterocycles. The molecule has 4 heteroatoms. The van der Waals surface area contributed by atoms with Crippen LogP contribution in [0, 0.1) is 0 Å². The fourth-order valence-corrected chi connectivity index (χ4v) is 1.45. The summed E-state index contributed by atoms with van der Waals surface area (Å²) in [6.45, 7) is 0. The molecule has 0 saturated heterocycles. The van der Waals surface area contributed by atoms with Gasteiger partial charge in [0.15, 0.2) is 0 Å². The lowest BCUT2D eigenvalue weighted by Crippen LogP contribution is -2.06. The first-order chi connectivity index (χ1) is 7.75. The van der Waals surface area contributed by atoms with Gasteiger partial charge in [-0.3, -0.25) is 4.79 Å². The molecule has 0 radical (unpaired) electrons. The summed E-state index contributed by atoms with van der Waals surface area (Å²) >= 11 is 5.82. The Labute approximate surface area is 98.0 Å². The summed E-state index contributed by atoms with van der Waals surface area (Å²) in [5.74, 6) is -0.190.